The predicted octanol–water partition coefficient (Wildman–Crippen LogP) is 2.07. The second-order valence-electron chi connectivity index (χ2n) is 3.38. The first-order chi connectivity index (χ1) is 7.30. The van der Waals surface area contributed by atoms with Crippen LogP contribution in [0.1, 0.15) is 13.3 Å². The van der Waals surface area contributed by atoms with Gasteiger partial charge in [0.1, 0.15) is 18.1 Å². The minimum absolute atomic E-state index is 0.399. The van der Waals surface area contributed by atoms with E-state index in [1.165, 1.54) is 0 Å². The van der Waals surface area contributed by atoms with Crippen molar-refractivity contribution in [2.24, 2.45) is 0 Å². The van der Waals surface area contributed by atoms with Crippen molar-refractivity contribution < 1.29 is 9.47 Å². The molecule has 0 aliphatic rings. The zero-order chi connectivity index (χ0) is 11.1. The van der Waals surface area contributed by atoms with E-state index in [1.54, 1.807) is 7.11 Å². The Morgan fingerprint density at radius 1 is 1.33 bits per heavy atom. The van der Waals surface area contributed by atoms with E-state index >= 15 is 0 Å². The highest BCUT2D eigenvalue weighted by molar-refractivity contribution is 5.32. The van der Waals surface area contributed by atoms with Crippen LogP contribution in [-0.4, -0.2) is 26.8 Å². The van der Waals surface area contributed by atoms with E-state index in [1.807, 2.05) is 31.3 Å². The molecule has 1 unspecified atom stereocenters. The van der Waals surface area contributed by atoms with Crippen LogP contribution in [0, 0.1) is 0 Å². The summed E-state index contributed by atoms with van der Waals surface area (Å²) in [6, 6.07) is 8.06. The quantitative estimate of drug-likeness (QED) is 0.778. The third-order valence-electron chi connectivity index (χ3n) is 2.39. The summed E-state index contributed by atoms with van der Waals surface area (Å²) < 4.78 is 10.8. The molecule has 3 nitrogen and oxygen atoms in total. The smallest absolute Gasteiger partial charge is 0.123 e. The number of hydrogen-bond acceptors (Lipinski definition) is 3. The van der Waals surface area contributed by atoms with Gasteiger partial charge in [-0.15, -0.1) is 0 Å². The lowest BCUT2D eigenvalue weighted by atomic mass is 10.2. The monoisotopic (exact) mass is 209 g/mol. The van der Waals surface area contributed by atoms with Gasteiger partial charge in [0, 0.05) is 12.1 Å². The largest absolute Gasteiger partial charge is 0.497 e. The highest BCUT2D eigenvalue weighted by Gasteiger charge is 2.03. The van der Waals surface area contributed by atoms with Gasteiger partial charge in [-0.25, -0.2) is 0 Å². The van der Waals surface area contributed by atoms with Crippen molar-refractivity contribution in [3.8, 4) is 11.5 Å². The number of likely N-dealkylation sites (N-methyl/N-ethyl adjacent to an activating group) is 1. The van der Waals surface area contributed by atoms with Gasteiger partial charge >= 0.3 is 0 Å². The second kappa shape index (κ2) is 6.30. The second-order valence-corrected chi connectivity index (χ2v) is 3.38. The average molecular weight is 209 g/mol. The minimum Gasteiger partial charge on any atom is -0.497 e. The third kappa shape index (κ3) is 3.80. The maximum atomic E-state index is 5.65. The topological polar surface area (TPSA) is 30.5 Å². The van der Waals surface area contributed by atoms with Crippen LogP contribution in [0.3, 0.4) is 0 Å². The highest BCUT2D eigenvalue weighted by atomic mass is 16.5. The molecule has 0 saturated carbocycles. The fourth-order valence-electron chi connectivity index (χ4n) is 1.29. The van der Waals surface area contributed by atoms with Gasteiger partial charge in [0.2, 0.25) is 0 Å². The summed E-state index contributed by atoms with van der Waals surface area (Å²) in [6.07, 6.45) is 1.06. The lowest BCUT2D eigenvalue weighted by Gasteiger charge is -2.15. The molecule has 0 saturated heterocycles. The summed E-state index contributed by atoms with van der Waals surface area (Å²) in [7, 11) is 3.60. The lowest BCUT2D eigenvalue weighted by molar-refractivity contribution is 0.266. The summed E-state index contributed by atoms with van der Waals surface area (Å²) in [5.74, 6) is 1.67. The van der Waals surface area contributed by atoms with E-state index in [2.05, 4.69) is 12.2 Å². The molecule has 0 aromatic heterocycles. The summed E-state index contributed by atoms with van der Waals surface area (Å²) in [6.45, 7) is 2.82. The van der Waals surface area contributed by atoms with Crippen molar-refractivity contribution in [1.29, 1.82) is 0 Å². The van der Waals surface area contributed by atoms with Crippen molar-refractivity contribution in [2.45, 2.75) is 19.4 Å². The number of benzene rings is 1. The molecule has 0 aliphatic carbocycles. The van der Waals surface area contributed by atoms with Crippen LogP contribution >= 0.6 is 0 Å². The van der Waals surface area contributed by atoms with Crippen LogP contribution in [0.4, 0.5) is 0 Å². The first-order valence-electron chi connectivity index (χ1n) is 5.24. The summed E-state index contributed by atoms with van der Waals surface area (Å²) in [4.78, 5) is 0. The molecule has 0 bridgehead atoms. The summed E-state index contributed by atoms with van der Waals surface area (Å²) in [5, 5.41) is 3.19. The number of ether oxygens (including phenoxy) is 2. The van der Waals surface area contributed by atoms with Gasteiger partial charge < -0.3 is 14.8 Å². The fourth-order valence-corrected chi connectivity index (χ4v) is 1.29. The Balaban J connectivity index is 2.49. The van der Waals surface area contributed by atoms with Gasteiger partial charge in [0.05, 0.1) is 7.11 Å². The molecule has 0 radical (unpaired) electrons. The maximum Gasteiger partial charge on any atom is 0.123 e. The van der Waals surface area contributed by atoms with E-state index in [0.29, 0.717) is 12.6 Å². The first-order valence-corrected chi connectivity index (χ1v) is 5.24. The number of hydrogen-bond donors (Lipinski definition) is 1. The SMILES string of the molecule is CCC(COc1cccc(OC)c1)NC. The molecule has 0 amide bonds. The first kappa shape index (κ1) is 11.9. The van der Waals surface area contributed by atoms with Gasteiger partial charge in [-0.3, -0.25) is 0 Å². The molecule has 84 valence electrons. The van der Waals surface area contributed by atoms with Crippen LogP contribution in [-0.2, 0) is 0 Å². The molecule has 0 fully saturated rings. The Morgan fingerprint density at radius 2 is 2.07 bits per heavy atom. The van der Waals surface area contributed by atoms with E-state index in [4.69, 9.17) is 9.47 Å². The minimum atomic E-state index is 0.399. The standard InChI is InChI=1S/C12H19NO2/c1-4-10(13-2)9-15-12-7-5-6-11(8-12)14-3/h5-8,10,13H,4,9H2,1-3H3. The van der Waals surface area contributed by atoms with Crippen molar-refractivity contribution in [3.63, 3.8) is 0 Å². The molecule has 1 aromatic rings. The number of methoxy groups -OCH3 is 1. The molecular weight excluding hydrogens is 190 g/mol. The van der Waals surface area contributed by atoms with Gasteiger partial charge in [-0.05, 0) is 25.6 Å². The Morgan fingerprint density at radius 3 is 2.67 bits per heavy atom. The van der Waals surface area contributed by atoms with E-state index in [9.17, 15) is 0 Å². The van der Waals surface area contributed by atoms with Crippen molar-refractivity contribution in [2.75, 3.05) is 20.8 Å². The molecule has 1 atom stereocenters. The molecule has 0 spiro atoms. The Hall–Kier alpha value is -1.22. The molecular formula is C12H19NO2. The van der Waals surface area contributed by atoms with E-state index in [0.717, 1.165) is 17.9 Å². The molecule has 15 heavy (non-hydrogen) atoms. The normalized spacial score (nSPS) is 12.2. The molecule has 1 rings (SSSR count). The van der Waals surface area contributed by atoms with E-state index in [-0.39, 0.29) is 0 Å². The van der Waals surface area contributed by atoms with Crippen LogP contribution in [0.2, 0.25) is 0 Å². The number of nitrogens with one attached hydrogen (secondary N) is 1. The molecule has 1 N–H and O–H groups in total. The van der Waals surface area contributed by atoms with Gasteiger partial charge in [0.25, 0.3) is 0 Å². The molecule has 0 heterocycles. The third-order valence-corrected chi connectivity index (χ3v) is 2.39. The lowest BCUT2D eigenvalue weighted by Crippen LogP contribution is -2.30. The van der Waals surface area contributed by atoms with Crippen LogP contribution in [0.5, 0.6) is 11.5 Å². The molecule has 0 aliphatic heterocycles. The number of rotatable bonds is 6. The highest BCUT2D eigenvalue weighted by Crippen LogP contribution is 2.18. The zero-order valence-corrected chi connectivity index (χ0v) is 9.62. The van der Waals surface area contributed by atoms with Crippen LogP contribution < -0.4 is 14.8 Å². The summed E-state index contributed by atoms with van der Waals surface area (Å²) in [5.41, 5.74) is 0. The van der Waals surface area contributed by atoms with Crippen molar-refractivity contribution >= 4 is 0 Å². The Bertz CT molecular complexity index is 285. The molecule has 3 heteroatoms. The van der Waals surface area contributed by atoms with Crippen molar-refractivity contribution in [1.82, 2.24) is 5.32 Å². The maximum absolute atomic E-state index is 5.65. The zero-order valence-electron chi connectivity index (χ0n) is 9.62. The van der Waals surface area contributed by atoms with E-state index < -0.39 is 0 Å². The Labute approximate surface area is 91.4 Å². The Kier molecular flexibility index (Phi) is 4.98. The average Bonchev–Trinajstić information content (AvgIpc) is 2.31. The predicted molar refractivity (Wildman–Crippen MR) is 61.6 cm³/mol. The van der Waals surface area contributed by atoms with Gasteiger partial charge in [0.15, 0.2) is 0 Å². The fraction of sp³-hybridized carbons (Fsp3) is 0.500. The van der Waals surface area contributed by atoms with Crippen LogP contribution in [0.15, 0.2) is 24.3 Å². The summed E-state index contributed by atoms with van der Waals surface area (Å²) >= 11 is 0. The van der Waals surface area contributed by atoms with Gasteiger partial charge in [-0.2, -0.15) is 0 Å². The van der Waals surface area contributed by atoms with Crippen molar-refractivity contribution in [3.05, 3.63) is 24.3 Å². The molecule has 1 aromatic carbocycles. The van der Waals surface area contributed by atoms with Crippen LogP contribution in [0.25, 0.3) is 0 Å². The van der Waals surface area contributed by atoms with Gasteiger partial charge in [-0.1, -0.05) is 13.0 Å².